The van der Waals surface area contributed by atoms with E-state index >= 15 is 0 Å². The third kappa shape index (κ3) is 11.9. The van der Waals surface area contributed by atoms with Gasteiger partial charge in [0.25, 0.3) is 0 Å². The summed E-state index contributed by atoms with van der Waals surface area (Å²) in [4.78, 5) is 6.96. The SMILES string of the molecule is COOOSCCCCN1/C(=C/C=C/C=C/C=C/C2=[N+](CCCCS(=O)(=O)[O-])c3ccc(-c4ccccc4)cc3C2(C)C)C(C)(C)c2cc(-c3ccccc3)ccc21.[K+]. The molecular weight excluding hydrogens is 804 g/mol. The molecular formula is C48H54KN2O6S2+. The average Bonchev–Trinajstić information content (AvgIpc) is 3.56. The van der Waals surface area contributed by atoms with Gasteiger partial charge in [0.05, 0.1) is 22.6 Å². The van der Waals surface area contributed by atoms with Gasteiger partial charge in [0.1, 0.15) is 6.54 Å². The first-order chi connectivity index (χ1) is 27.9. The van der Waals surface area contributed by atoms with Gasteiger partial charge >= 0.3 is 51.4 Å². The fourth-order valence-electron chi connectivity index (χ4n) is 8.00. The molecule has 0 fully saturated rings. The van der Waals surface area contributed by atoms with E-state index in [9.17, 15) is 13.0 Å². The number of nitrogens with zero attached hydrogens (tertiary/aromatic N) is 2. The van der Waals surface area contributed by atoms with Crippen LogP contribution in [-0.4, -0.2) is 55.0 Å². The smallest absolute Gasteiger partial charge is 0.748 e. The van der Waals surface area contributed by atoms with Crippen molar-refractivity contribution in [3.05, 3.63) is 156 Å². The number of fused-ring (bicyclic) bond motifs is 2. The van der Waals surface area contributed by atoms with Crippen LogP contribution in [0, 0.1) is 0 Å². The fraction of sp³-hybridized carbons (Fsp3) is 0.312. The number of benzene rings is 4. The van der Waals surface area contributed by atoms with Crippen LogP contribution >= 0.6 is 12.0 Å². The Kier molecular flexibility index (Phi) is 17.4. The molecule has 4 aromatic rings. The van der Waals surface area contributed by atoms with Gasteiger partial charge in [-0.25, -0.2) is 13.3 Å². The van der Waals surface area contributed by atoms with E-state index in [4.69, 9.17) is 4.33 Å². The minimum absolute atomic E-state index is 0. The molecule has 0 aromatic heterocycles. The van der Waals surface area contributed by atoms with Gasteiger partial charge in [-0.05, 0) is 91.3 Å². The maximum Gasteiger partial charge on any atom is 1.00 e. The topological polar surface area (TPSA) is 91.1 Å². The first-order valence-electron chi connectivity index (χ1n) is 19.9. The van der Waals surface area contributed by atoms with E-state index < -0.39 is 10.1 Å². The third-order valence-electron chi connectivity index (χ3n) is 11.0. The minimum atomic E-state index is -4.25. The minimum Gasteiger partial charge on any atom is -0.748 e. The molecule has 0 N–H and O–H groups in total. The van der Waals surface area contributed by atoms with Crippen LogP contribution in [0.2, 0.25) is 0 Å². The molecule has 4 aromatic carbocycles. The molecule has 0 radical (unpaired) electrons. The van der Waals surface area contributed by atoms with Gasteiger partial charge in [0.2, 0.25) is 5.69 Å². The van der Waals surface area contributed by atoms with E-state index in [2.05, 4.69) is 150 Å². The summed E-state index contributed by atoms with van der Waals surface area (Å²) in [5.41, 5.74) is 11.5. The van der Waals surface area contributed by atoms with Gasteiger partial charge in [-0.2, -0.15) is 4.58 Å². The second-order valence-electron chi connectivity index (χ2n) is 15.6. The van der Waals surface area contributed by atoms with E-state index in [1.54, 1.807) is 0 Å². The second-order valence-corrected chi connectivity index (χ2v) is 17.9. The maximum atomic E-state index is 11.3. The number of anilines is 1. The first-order valence-corrected chi connectivity index (χ1v) is 22.4. The summed E-state index contributed by atoms with van der Waals surface area (Å²) in [6, 6.07) is 34.3. The number of unbranched alkanes of at least 4 members (excludes halogenated alkanes) is 2. The van der Waals surface area contributed by atoms with Crippen molar-refractivity contribution < 1.29 is 83.2 Å². The van der Waals surface area contributed by atoms with Crippen molar-refractivity contribution in [3.8, 4) is 22.3 Å². The van der Waals surface area contributed by atoms with Gasteiger partial charge in [-0.1, -0.05) is 116 Å². The Bertz CT molecular complexity index is 2300. The Hall–Kier alpha value is -2.91. The quantitative estimate of drug-likeness (QED) is 0.0137. The van der Waals surface area contributed by atoms with Crippen LogP contribution in [0.5, 0.6) is 0 Å². The van der Waals surface area contributed by atoms with Gasteiger partial charge < -0.3 is 9.45 Å². The van der Waals surface area contributed by atoms with E-state index in [0.717, 1.165) is 47.7 Å². The predicted octanol–water partition coefficient (Wildman–Crippen LogP) is 8.01. The van der Waals surface area contributed by atoms with Crippen LogP contribution in [0.3, 0.4) is 0 Å². The number of allylic oxidation sites excluding steroid dienone is 8. The fourth-order valence-corrected chi connectivity index (χ4v) is 9.04. The Morgan fingerprint density at radius 1 is 0.729 bits per heavy atom. The van der Waals surface area contributed by atoms with E-state index in [1.165, 1.54) is 52.8 Å². The normalized spacial score (nSPS) is 16.4. The van der Waals surface area contributed by atoms with Gasteiger partial charge in [-0.15, -0.1) is 4.33 Å². The molecule has 59 heavy (non-hydrogen) atoms. The second kappa shape index (κ2) is 21.7. The van der Waals surface area contributed by atoms with Crippen molar-refractivity contribution in [2.75, 3.05) is 36.6 Å². The largest absolute Gasteiger partial charge is 1.00 e. The van der Waals surface area contributed by atoms with E-state index in [-0.39, 0.29) is 68.0 Å². The molecule has 0 saturated heterocycles. The molecule has 0 amide bonds. The summed E-state index contributed by atoms with van der Waals surface area (Å²) in [6.45, 7) is 10.6. The molecule has 0 saturated carbocycles. The summed E-state index contributed by atoms with van der Waals surface area (Å²) in [5, 5.41) is 4.53. The van der Waals surface area contributed by atoms with Crippen molar-refractivity contribution in [1.29, 1.82) is 0 Å². The average molecular weight is 858 g/mol. The molecule has 0 aliphatic carbocycles. The number of hydrogen-bond acceptors (Lipinski definition) is 8. The summed E-state index contributed by atoms with van der Waals surface area (Å²) in [7, 11) is -2.84. The van der Waals surface area contributed by atoms with Gasteiger partial charge in [0, 0.05) is 71.0 Å². The first kappa shape index (κ1) is 47.1. The zero-order valence-corrected chi connectivity index (χ0v) is 39.9. The standard InChI is InChI=1S/C48H54N2O6S2.K/c1-47(2)41-35-39(37-21-11-9-12-22-37)27-29-43(41)49(31-17-19-33-57-56-55-54-5)45(47)25-15-7-6-8-16-26-46-48(3,4)42-36-40(38-23-13-10-14-24-38)28-30-44(42)50(46)32-18-20-34-58(51,52)53;/h6-16,21-30,35-36H,17-20,31-34H2,1-5H3;/q;+1. The molecule has 2 aliphatic heterocycles. The van der Waals surface area contributed by atoms with Crippen LogP contribution in [0.4, 0.5) is 11.4 Å². The predicted molar refractivity (Wildman–Crippen MR) is 237 cm³/mol. The van der Waals surface area contributed by atoms with Crippen molar-refractivity contribution in [2.45, 2.75) is 64.2 Å². The van der Waals surface area contributed by atoms with Crippen LogP contribution in [-0.2, 0) is 35.2 Å². The molecule has 2 aliphatic rings. The third-order valence-corrected chi connectivity index (χ3v) is 12.4. The molecule has 0 spiro atoms. The van der Waals surface area contributed by atoms with Crippen molar-refractivity contribution in [1.82, 2.24) is 0 Å². The van der Waals surface area contributed by atoms with E-state index in [0.29, 0.717) is 19.4 Å². The van der Waals surface area contributed by atoms with Gasteiger partial charge in [0.15, 0.2) is 5.71 Å². The zero-order valence-electron chi connectivity index (χ0n) is 35.1. The van der Waals surface area contributed by atoms with E-state index in [1.807, 2.05) is 36.4 Å². The molecule has 304 valence electrons. The Morgan fingerprint density at radius 3 is 2.02 bits per heavy atom. The zero-order chi connectivity index (χ0) is 41.2. The number of hydrogen-bond donors (Lipinski definition) is 0. The molecule has 6 rings (SSSR count). The summed E-state index contributed by atoms with van der Waals surface area (Å²) in [6.07, 6.45) is 17.6. The molecule has 0 atom stereocenters. The Morgan fingerprint density at radius 2 is 1.36 bits per heavy atom. The van der Waals surface area contributed by atoms with Crippen molar-refractivity contribution >= 4 is 39.2 Å². The van der Waals surface area contributed by atoms with Crippen LogP contribution in [0.1, 0.15) is 64.5 Å². The van der Waals surface area contributed by atoms with Crippen molar-refractivity contribution in [2.24, 2.45) is 0 Å². The molecule has 8 nitrogen and oxygen atoms in total. The van der Waals surface area contributed by atoms with Crippen LogP contribution in [0.25, 0.3) is 22.3 Å². The van der Waals surface area contributed by atoms with Gasteiger partial charge in [-0.3, -0.25) is 0 Å². The Balaban J connectivity index is 0.00000661. The molecule has 0 unspecified atom stereocenters. The molecule has 2 heterocycles. The molecule has 11 heteroatoms. The summed E-state index contributed by atoms with van der Waals surface area (Å²) >= 11 is 1.24. The molecule has 0 bridgehead atoms. The Labute approximate surface area is 398 Å². The maximum absolute atomic E-state index is 11.3. The monoisotopic (exact) mass is 857 g/mol. The number of rotatable bonds is 19. The van der Waals surface area contributed by atoms with Crippen LogP contribution < -0.4 is 56.3 Å². The summed E-state index contributed by atoms with van der Waals surface area (Å²) in [5.74, 6) is 0.439. The summed E-state index contributed by atoms with van der Waals surface area (Å²) < 4.78 is 41.2. The van der Waals surface area contributed by atoms with Crippen LogP contribution in [0.15, 0.2) is 145 Å². The van der Waals surface area contributed by atoms with Crippen molar-refractivity contribution in [3.63, 3.8) is 0 Å².